The van der Waals surface area contributed by atoms with Gasteiger partial charge in [-0.05, 0) is 47.1 Å². The quantitative estimate of drug-likeness (QED) is 0.542. The highest BCUT2D eigenvalue weighted by molar-refractivity contribution is 6.32. The summed E-state index contributed by atoms with van der Waals surface area (Å²) < 4.78 is 14.7. The van der Waals surface area contributed by atoms with E-state index in [1.54, 1.807) is 18.2 Å². The maximum atomic E-state index is 14.7. The van der Waals surface area contributed by atoms with Gasteiger partial charge in [0.25, 0.3) is 0 Å². The van der Waals surface area contributed by atoms with Crippen molar-refractivity contribution in [1.29, 1.82) is 0 Å². The molecule has 0 heterocycles. The molecule has 0 nitrogen and oxygen atoms in total. The van der Waals surface area contributed by atoms with Crippen molar-refractivity contribution in [1.82, 2.24) is 0 Å². The summed E-state index contributed by atoms with van der Waals surface area (Å²) in [5, 5.41) is 0. The molecule has 0 aromatic heterocycles. The van der Waals surface area contributed by atoms with Crippen LogP contribution in [0.1, 0.15) is 37.2 Å². The first-order chi connectivity index (χ1) is 13.1. The number of hydrogen-bond donors (Lipinski definition) is 0. The van der Waals surface area contributed by atoms with Crippen LogP contribution in [0.3, 0.4) is 0 Å². The van der Waals surface area contributed by atoms with E-state index in [2.05, 4.69) is 24.3 Å². The maximum Gasteiger partial charge on any atom is 0.131 e. The molecule has 1 saturated carbocycles. The van der Waals surface area contributed by atoms with Crippen LogP contribution in [0.4, 0.5) is 4.39 Å². The van der Waals surface area contributed by atoms with Gasteiger partial charge in [-0.1, -0.05) is 84.8 Å². The fourth-order valence-electron chi connectivity index (χ4n) is 3.99. The van der Waals surface area contributed by atoms with E-state index in [-0.39, 0.29) is 5.82 Å². The van der Waals surface area contributed by atoms with Gasteiger partial charge in [0.2, 0.25) is 0 Å². The maximum absolute atomic E-state index is 14.7. The third-order valence-corrected chi connectivity index (χ3v) is 5.68. The summed E-state index contributed by atoms with van der Waals surface area (Å²) in [6.45, 7) is 0. The molecule has 4 rings (SSSR count). The Kier molecular flexibility index (Phi) is 5.20. The molecule has 3 heteroatoms. The van der Waals surface area contributed by atoms with Gasteiger partial charge in [0.05, 0.1) is 7.85 Å². The standard InChI is InChI=1S/C24H21B2F/c25-21-10-5-17(6-11-21)16-1-3-18(4-2-16)20-9-14-23(24(27)15-20)19-7-12-22(26)13-8-19/h1-4,7-9,12-15,17,21H,5-6,10-11H2. The predicted molar refractivity (Wildman–Crippen MR) is 113 cm³/mol. The summed E-state index contributed by atoms with van der Waals surface area (Å²) in [7, 11) is 11.7. The fraction of sp³-hybridized carbons (Fsp3) is 0.250. The summed E-state index contributed by atoms with van der Waals surface area (Å²) in [4.78, 5) is 0. The van der Waals surface area contributed by atoms with Crippen molar-refractivity contribution in [3.63, 3.8) is 0 Å². The lowest BCUT2D eigenvalue weighted by molar-refractivity contribution is 0.444. The molecule has 0 bridgehead atoms. The van der Waals surface area contributed by atoms with Crippen LogP contribution in [0.5, 0.6) is 0 Å². The molecule has 0 amide bonds. The smallest absolute Gasteiger partial charge is 0.131 e. The second-order valence-electron chi connectivity index (χ2n) is 7.55. The first kappa shape index (κ1) is 18.1. The minimum Gasteiger partial charge on any atom is -0.206 e. The van der Waals surface area contributed by atoms with E-state index in [9.17, 15) is 4.39 Å². The molecule has 0 atom stereocenters. The van der Waals surface area contributed by atoms with Crippen molar-refractivity contribution in [2.45, 2.75) is 37.4 Å². The Morgan fingerprint density at radius 3 is 1.93 bits per heavy atom. The third kappa shape index (κ3) is 4.03. The number of benzene rings is 3. The van der Waals surface area contributed by atoms with E-state index >= 15 is 0 Å². The van der Waals surface area contributed by atoms with Gasteiger partial charge in [-0.2, -0.15) is 0 Å². The van der Waals surface area contributed by atoms with Crippen molar-refractivity contribution in [2.75, 3.05) is 0 Å². The van der Waals surface area contributed by atoms with Gasteiger partial charge in [-0.3, -0.25) is 0 Å². The third-order valence-electron chi connectivity index (χ3n) is 5.68. The average molecular weight is 350 g/mol. The highest BCUT2D eigenvalue weighted by atomic mass is 19.1. The SMILES string of the molecule is [B]c1ccc(-c2ccc(-c3ccc(C4CCC([B])CC4)cc3)cc2F)cc1. The monoisotopic (exact) mass is 350 g/mol. The molecule has 3 aromatic rings. The Morgan fingerprint density at radius 1 is 0.704 bits per heavy atom. The Hall–Kier alpha value is -2.28. The molecule has 3 aromatic carbocycles. The van der Waals surface area contributed by atoms with Gasteiger partial charge in [0, 0.05) is 5.56 Å². The number of rotatable bonds is 3. The van der Waals surface area contributed by atoms with Crippen molar-refractivity contribution in [2.24, 2.45) is 0 Å². The minimum absolute atomic E-state index is 0.220. The van der Waals surface area contributed by atoms with Gasteiger partial charge in [-0.25, -0.2) is 4.39 Å². The van der Waals surface area contributed by atoms with Crippen LogP contribution in [0.2, 0.25) is 5.82 Å². The highest BCUT2D eigenvalue weighted by Crippen LogP contribution is 2.37. The molecule has 0 aliphatic heterocycles. The zero-order valence-electron chi connectivity index (χ0n) is 15.4. The predicted octanol–water partition coefficient (Wildman–Crippen LogP) is 5.57. The first-order valence-electron chi connectivity index (χ1n) is 9.61. The largest absolute Gasteiger partial charge is 0.206 e. The normalized spacial score (nSPS) is 19.7. The van der Waals surface area contributed by atoms with Crippen LogP contribution in [0.15, 0.2) is 66.7 Å². The topological polar surface area (TPSA) is 0 Å². The van der Waals surface area contributed by atoms with Gasteiger partial charge < -0.3 is 0 Å². The summed E-state index contributed by atoms with van der Waals surface area (Å²) in [6.07, 6.45) is 4.52. The van der Waals surface area contributed by atoms with Crippen LogP contribution in [-0.4, -0.2) is 15.7 Å². The van der Waals surface area contributed by atoms with Gasteiger partial charge in [0.15, 0.2) is 0 Å². The second kappa shape index (κ2) is 7.76. The molecule has 0 unspecified atom stereocenters. The molecule has 27 heavy (non-hydrogen) atoms. The Balaban J connectivity index is 1.55. The van der Waals surface area contributed by atoms with Crippen LogP contribution in [0.25, 0.3) is 22.3 Å². The lowest BCUT2D eigenvalue weighted by Crippen LogP contribution is -2.09. The Labute approximate surface area is 163 Å². The van der Waals surface area contributed by atoms with Crippen molar-refractivity contribution in [3.05, 3.63) is 78.1 Å². The van der Waals surface area contributed by atoms with Crippen LogP contribution in [0, 0.1) is 5.82 Å². The average Bonchev–Trinajstić information content (AvgIpc) is 2.69. The molecule has 1 aliphatic carbocycles. The first-order valence-corrected chi connectivity index (χ1v) is 9.61. The molecule has 1 fully saturated rings. The molecule has 1 aliphatic rings. The van der Waals surface area contributed by atoms with Crippen LogP contribution in [-0.2, 0) is 0 Å². The molecule has 0 N–H and O–H groups in total. The van der Waals surface area contributed by atoms with E-state index in [0.29, 0.717) is 22.8 Å². The van der Waals surface area contributed by atoms with E-state index < -0.39 is 0 Å². The highest BCUT2D eigenvalue weighted by Gasteiger charge is 2.19. The van der Waals surface area contributed by atoms with Gasteiger partial charge in [0.1, 0.15) is 13.7 Å². The van der Waals surface area contributed by atoms with E-state index in [0.717, 1.165) is 42.4 Å². The Morgan fingerprint density at radius 2 is 1.30 bits per heavy atom. The summed E-state index contributed by atoms with van der Waals surface area (Å²) >= 11 is 0. The lowest BCUT2D eigenvalue weighted by atomic mass is 9.70. The molecular formula is C24H21B2F. The van der Waals surface area contributed by atoms with Crippen LogP contribution < -0.4 is 5.46 Å². The Bertz CT molecular complexity index is 908. The number of halogens is 1. The molecular weight excluding hydrogens is 329 g/mol. The van der Waals surface area contributed by atoms with Gasteiger partial charge in [-0.15, -0.1) is 0 Å². The van der Waals surface area contributed by atoms with Crippen molar-refractivity contribution in [3.8, 4) is 22.3 Å². The number of hydrogen-bond acceptors (Lipinski definition) is 0. The second-order valence-corrected chi connectivity index (χ2v) is 7.55. The zero-order valence-corrected chi connectivity index (χ0v) is 15.4. The summed E-state index contributed by atoms with van der Waals surface area (Å²) in [5.74, 6) is 0.745. The minimum atomic E-state index is -0.220. The zero-order chi connectivity index (χ0) is 18.8. The van der Waals surface area contributed by atoms with Crippen molar-refractivity contribution >= 4 is 21.2 Å². The summed E-state index contributed by atoms with van der Waals surface area (Å²) in [6, 6.07) is 21.3. The van der Waals surface area contributed by atoms with E-state index in [1.807, 2.05) is 24.3 Å². The van der Waals surface area contributed by atoms with Crippen molar-refractivity contribution < 1.29 is 4.39 Å². The van der Waals surface area contributed by atoms with E-state index in [4.69, 9.17) is 15.7 Å². The van der Waals surface area contributed by atoms with Gasteiger partial charge >= 0.3 is 0 Å². The molecule has 0 spiro atoms. The van der Waals surface area contributed by atoms with E-state index in [1.165, 1.54) is 5.56 Å². The lowest BCUT2D eigenvalue weighted by Gasteiger charge is -2.26. The summed E-state index contributed by atoms with van der Waals surface area (Å²) in [5.41, 5.74) is 5.39. The fourth-order valence-corrected chi connectivity index (χ4v) is 3.99. The molecule has 130 valence electrons. The molecule has 0 saturated heterocycles. The molecule has 4 radical (unpaired) electrons. The van der Waals surface area contributed by atoms with Crippen LogP contribution >= 0.6 is 0 Å².